The smallest absolute Gasteiger partial charge is 0.196 e. The van der Waals surface area contributed by atoms with Gasteiger partial charge in [0.05, 0.1) is 5.56 Å². The van der Waals surface area contributed by atoms with E-state index in [1.54, 1.807) is 11.3 Å². The number of fused-ring (bicyclic) bond motifs is 1. The topological polar surface area (TPSA) is 32.8 Å². The van der Waals surface area contributed by atoms with Crippen LogP contribution >= 0.6 is 11.3 Å². The molecule has 1 aliphatic rings. The van der Waals surface area contributed by atoms with Crippen molar-refractivity contribution in [3.05, 3.63) is 59.2 Å². The minimum absolute atomic E-state index is 0.0624. The summed E-state index contributed by atoms with van der Waals surface area (Å²) in [7, 11) is 3.98. The van der Waals surface area contributed by atoms with Gasteiger partial charge >= 0.3 is 0 Å². The Bertz CT molecular complexity index is 1000. The molecule has 1 fully saturated rings. The number of aryl methyl sites for hydroxylation is 1. The second kappa shape index (κ2) is 8.56. The zero-order chi connectivity index (χ0) is 20.4. The Kier molecular flexibility index (Phi) is 5.88. The van der Waals surface area contributed by atoms with Crippen LogP contribution in [0.25, 0.3) is 10.1 Å². The number of nitrogens with zero attached hydrogens (tertiary/aromatic N) is 2. The first-order chi connectivity index (χ1) is 14.0. The van der Waals surface area contributed by atoms with Gasteiger partial charge in [0.2, 0.25) is 0 Å². The lowest BCUT2D eigenvalue weighted by Crippen LogP contribution is -2.25. The fourth-order valence-electron chi connectivity index (χ4n) is 3.87. The maximum Gasteiger partial charge on any atom is 0.196 e. The summed E-state index contributed by atoms with van der Waals surface area (Å²) < 4.78 is 7.03. The van der Waals surface area contributed by atoms with Crippen molar-refractivity contribution in [1.82, 2.24) is 4.90 Å². The van der Waals surface area contributed by atoms with Gasteiger partial charge in [-0.05, 0) is 68.8 Å². The summed E-state index contributed by atoms with van der Waals surface area (Å²) in [5.74, 6) is 0.881. The third-order valence-electron chi connectivity index (χ3n) is 5.45. The summed E-state index contributed by atoms with van der Waals surface area (Å²) in [6.07, 6.45) is 2.59. The van der Waals surface area contributed by atoms with Gasteiger partial charge in [-0.1, -0.05) is 12.1 Å². The number of hydrogen-bond acceptors (Lipinski definition) is 5. The van der Waals surface area contributed by atoms with Crippen LogP contribution in [0.4, 0.5) is 5.00 Å². The molecule has 0 spiro atoms. The van der Waals surface area contributed by atoms with Crippen molar-refractivity contribution in [2.45, 2.75) is 19.8 Å². The lowest BCUT2D eigenvalue weighted by Gasteiger charge is -2.15. The van der Waals surface area contributed by atoms with Gasteiger partial charge in [-0.25, -0.2) is 0 Å². The second-order valence-corrected chi connectivity index (χ2v) is 8.96. The van der Waals surface area contributed by atoms with E-state index >= 15 is 0 Å². The van der Waals surface area contributed by atoms with E-state index in [9.17, 15) is 4.79 Å². The molecule has 4 rings (SSSR count). The number of benzene rings is 2. The van der Waals surface area contributed by atoms with E-state index in [1.807, 2.05) is 43.3 Å². The number of ether oxygens (including phenoxy) is 1. The molecule has 0 aliphatic carbocycles. The lowest BCUT2D eigenvalue weighted by molar-refractivity contribution is 0.104. The van der Waals surface area contributed by atoms with Gasteiger partial charge < -0.3 is 9.64 Å². The molecule has 1 aromatic heterocycles. The SMILES string of the molecule is Cc1ccc2c(C(=O)c3ccc(OCCN4CCCC4)cc3)c(N(C)C)sc2c1. The Hall–Kier alpha value is -2.37. The Labute approximate surface area is 176 Å². The van der Waals surface area contributed by atoms with Crippen molar-refractivity contribution in [3.63, 3.8) is 0 Å². The number of ketones is 1. The van der Waals surface area contributed by atoms with Crippen LogP contribution in [-0.4, -0.2) is 51.0 Å². The molecule has 1 aliphatic heterocycles. The molecule has 0 radical (unpaired) electrons. The van der Waals surface area contributed by atoms with Crippen molar-refractivity contribution >= 4 is 32.2 Å². The molecule has 0 N–H and O–H groups in total. The van der Waals surface area contributed by atoms with Crippen molar-refractivity contribution in [2.75, 3.05) is 45.2 Å². The van der Waals surface area contributed by atoms with E-state index in [0.717, 1.165) is 32.9 Å². The molecule has 3 aromatic rings. The summed E-state index contributed by atoms with van der Waals surface area (Å²) in [5.41, 5.74) is 2.69. The lowest BCUT2D eigenvalue weighted by atomic mass is 10.0. The minimum atomic E-state index is 0.0624. The van der Waals surface area contributed by atoms with E-state index in [4.69, 9.17) is 4.74 Å². The molecule has 5 heteroatoms. The summed E-state index contributed by atoms with van der Waals surface area (Å²) in [6.45, 7) is 6.09. The third-order valence-corrected chi connectivity index (χ3v) is 6.77. The van der Waals surface area contributed by atoms with E-state index in [0.29, 0.717) is 12.2 Å². The molecule has 2 heterocycles. The highest BCUT2D eigenvalue weighted by Crippen LogP contribution is 2.39. The summed E-state index contributed by atoms with van der Waals surface area (Å²) in [6, 6.07) is 13.9. The van der Waals surface area contributed by atoms with Crippen LogP contribution in [0.2, 0.25) is 0 Å². The minimum Gasteiger partial charge on any atom is -0.492 e. The quantitative estimate of drug-likeness (QED) is 0.516. The van der Waals surface area contributed by atoms with Crippen molar-refractivity contribution in [2.24, 2.45) is 0 Å². The predicted octanol–water partition coefficient (Wildman–Crippen LogP) is 4.98. The normalized spacial score (nSPS) is 14.4. The number of rotatable bonds is 7. The van der Waals surface area contributed by atoms with E-state index < -0.39 is 0 Å². The van der Waals surface area contributed by atoms with Gasteiger partial charge in [0.1, 0.15) is 17.4 Å². The van der Waals surface area contributed by atoms with Crippen molar-refractivity contribution < 1.29 is 9.53 Å². The average molecular weight is 409 g/mol. The van der Waals surface area contributed by atoms with Crippen molar-refractivity contribution in [3.8, 4) is 5.75 Å². The fourth-order valence-corrected chi connectivity index (χ4v) is 5.09. The number of carbonyl (C=O) groups is 1. The van der Waals surface area contributed by atoms with Gasteiger partial charge in [-0.3, -0.25) is 9.69 Å². The first-order valence-electron chi connectivity index (χ1n) is 10.2. The highest BCUT2D eigenvalue weighted by Gasteiger charge is 2.21. The van der Waals surface area contributed by atoms with Gasteiger partial charge in [0.25, 0.3) is 0 Å². The van der Waals surface area contributed by atoms with Gasteiger partial charge in [0, 0.05) is 36.3 Å². The third kappa shape index (κ3) is 4.31. The highest BCUT2D eigenvalue weighted by atomic mass is 32.1. The summed E-state index contributed by atoms with van der Waals surface area (Å²) >= 11 is 1.67. The molecule has 29 heavy (non-hydrogen) atoms. The molecular weight excluding hydrogens is 380 g/mol. The molecule has 152 valence electrons. The molecule has 0 saturated carbocycles. The number of carbonyl (C=O) groups excluding carboxylic acids is 1. The summed E-state index contributed by atoms with van der Waals surface area (Å²) in [4.78, 5) is 17.8. The van der Waals surface area contributed by atoms with Crippen LogP contribution in [0.1, 0.15) is 34.3 Å². The predicted molar refractivity (Wildman–Crippen MR) is 122 cm³/mol. The molecule has 0 unspecified atom stereocenters. The first kappa shape index (κ1) is 19.9. The zero-order valence-electron chi connectivity index (χ0n) is 17.4. The molecule has 0 amide bonds. The Morgan fingerprint density at radius 1 is 1.10 bits per heavy atom. The Morgan fingerprint density at radius 2 is 1.83 bits per heavy atom. The van der Waals surface area contributed by atoms with Crippen molar-refractivity contribution in [1.29, 1.82) is 0 Å². The maximum absolute atomic E-state index is 13.4. The Balaban J connectivity index is 1.52. The zero-order valence-corrected chi connectivity index (χ0v) is 18.2. The number of anilines is 1. The average Bonchev–Trinajstić information content (AvgIpc) is 3.35. The van der Waals surface area contributed by atoms with E-state index in [1.165, 1.54) is 31.5 Å². The molecule has 1 saturated heterocycles. The summed E-state index contributed by atoms with van der Waals surface area (Å²) in [5, 5.41) is 2.03. The maximum atomic E-state index is 13.4. The van der Waals surface area contributed by atoms with Gasteiger partial charge in [-0.2, -0.15) is 0 Å². The molecule has 4 nitrogen and oxygen atoms in total. The number of hydrogen-bond donors (Lipinski definition) is 0. The number of thiophene rings is 1. The Morgan fingerprint density at radius 3 is 2.52 bits per heavy atom. The van der Waals surface area contributed by atoms with Crippen LogP contribution in [0.15, 0.2) is 42.5 Å². The van der Waals surface area contributed by atoms with Crippen LogP contribution in [0.5, 0.6) is 5.75 Å². The second-order valence-electron chi connectivity index (χ2n) is 7.93. The van der Waals surface area contributed by atoms with Crippen LogP contribution in [-0.2, 0) is 0 Å². The fraction of sp³-hybridized carbons (Fsp3) is 0.375. The first-order valence-corrected chi connectivity index (χ1v) is 11.0. The molecular formula is C24H28N2O2S. The van der Waals surface area contributed by atoms with Crippen LogP contribution in [0.3, 0.4) is 0 Å². The largest absolute Gasteiger partial charge is 0.492 e. The standard InChI is InChI=1S/C24H28N2O2S/c1-17-6-11-20-21(16-17)29-24(25(2)3)22(20)23(27)18-7-9-19(10-8-18)28-15-14-26-12-4-5-13-26/h6-11,16H,4-5,12-15H2,1-3H3. The van der Waals surface area contributed by atoms with Gasteiger partial charge in [0.15, 0.2) is 5.78 Å². The molecule has 2 aromatic carbocycles. The monoisotopic (exact) mass is 408 g/mol. The van der Waals surface area contributed by atoms with E-state index in [-0.39, 0.29) is 5.78 Å². The highest BCUT2D eigenvalue weighted by molar-refractivity contribution is 7.23. The molecule has 0 bridgehead atoms. The molecule has 0 atom stereocenters. The van der Waals surface area contributed by atoms with Gasteiger partial charge in [-0.15, -0.1) is 11.3 Å². The van der Waals surface area contributed by atoms with E-state index in [2.05, 4.69) is 30.0 Å². The number of likely N-dealkylation sites (tertiary alicyclic amines) is 1. The van der Waals surface area contributed by atoms with Crippen LogP contribution in [0, 0.1) is 6.92 Å². The van der Waals surface area contributed by atoms with Crippen LogP contribution < -0.4 is 9.64 Å².